The highest BCUT2D eigenvalue weighted by atomic mass is 16.6. The molecule has 0 atom stereocenters. The summed E-state index contributed by atoms with van der Waals surface area (Å²) in [5.74, 6) is 0. The molecule has 1 amide bonds. The Bertz CT molecular complexity index is 274. The van der Waals surface area contributed by atoms with E-state index in [1.165, 1.54) is 0 Å². The largest absolute Gasteiger partial charge is 0.444 e. The Balaban J connectivity index is 2.60. The van der Waals surface area contributed by atoms with E-state index in [4.69, 9.17) is 4.74 Å². The van der Waals surface area contributed by atoms with Crippen molar-refractivity contribution in [3.05, 3.63) is 12.2 Å². The lowest BCUT2D eigenvalue weighted by Crippen LogP contribution is -2.43. The number of rotatable bonds is 0. The standard InChI is InChI=1S/C12H21NO2/c1-11(2,3)15-10(14)13-8-6-7-12(4,5)9-13/h6-7H,8-9H2,1-5H3. The third-order valence-electron chi connectivity index (χ3n) is 2.14. The minimum atomic E-state index is -0.414. The van der Waals surface area contributed by atoms with Crippen LogP contribution in [0.2, 0.25) is 0 Å². The Morgan fingerprint density at radius 3 is 2.47 bits per heavy atom. The Morgan fingerprint density at radius 2 is 2.00 bits per heavy atom. The van der Waals surface area contributed by atoms with Crippen molar-refractivity contribution in [3.8, 4) is 0 Å². The van der Waals surface area contributed by atoms with E-state index in [0.717, 1.165) is 6.54 Å². The summed E-state index contributed by atoms with van der Waals surface area (Å²) in [6, 6.07) is 0. The molecule has 0 radical (unpaired) electrons. The number of hydrogen-bond acceptors (Lipinski definition) is 2. The molecule has 0 aliphatic carbocycles. The highest BCUT2D eigenvalue weighted by Gasteiger charge is 2.28. The van der Waals surface area contributed by atoms with Crippen molar-refractivity contribution in [1.82, 2.24) is 4.90 Å². The number of ether oxygens (including phenoxy) is 1. The fourth-order valence-corrected chi connectivity index (χ4v) is 1.57. The second kappa shape index (κ2) is 3.87. The van der Waals surface area contributed by atoms with Gasteiger partial charge in [-0.1, -0.05) is 26.0 Å². The molecule has 0 aromatic heterocycles. The van der Waals surface area contributed by atoms with Gasteiger partial charge in [0.15, 0.2) is 0 Å². The number of carbonyl (C=O) groups excluding carboxylic acids is 1. The molecule has 1 rings (SSSR count). The van der Waals surface area contributed by atoms with E-state index in [1.807, 2.05) is 26.8 Å². The first-order valence-corrected chi connectivity index (χ1v) is 5.35. The van der Waals surface area contributed by atoms with Gasteiger partial charge in [-0.15, -0.1) is 0 Å². The van der Waals surface area contributed by atoms with Crippen LogP contribution in [0.5, 0.6) is 0 Å². The van der Waals surface area contributed by atoms with E-state index >= 15 is 0 Å². The van der Waals surface area contributed by atoms with E-state index in [0.29, 0.717) is 6.54 Å². The fourth-order valence-electron chi connectivity index (χ4n) is 1.57. The van der Waals surface area contributed by atoms with Gasteiger partial charge in [0.1, 0.15) is 5.60 Å². The zero-order valence-electron chi connectivity index (χ0n) is 10.3. The molecule has 0 saturated carbocycles. The molecule has 0 aromatic rings. The van der Waals surface area contributed by atoms with Crippen LogP contribution in [0.25, 0.3) is 0 Å². The normalized spacial score (nSPS) is 20.2. The van der Waals surface area contributed by atoms with Crippen molar-refractivity contribution < 1.29 is 9.53 Å². The first kappa shape index (κ1) is 12.1. The number of carbonyl (C=O) groups is 1. The molecule has 15 heavy (non-hydrogen) atoms. The van der Waals surface area contributed by atoms with Crippen LogP contribution in [0.4, 0.5) is 4.79 Å². The molecule has 0 saturated heterocycles. The van der Waals surface area contributed by atoms with Gasteiger partial charge < -0.3 is 9.64 Å². The Labute approximate surface area is 92.1 Å². The Hall–Kier alpha value is -0.990. The third kappa shape index (κ3) is 3.94. The average molecular weight is 211 g/mol. The third-order valence-corrected chi connectivity index (χ3v) is 2.14. The molecular formula is C12H21NO2. The van der Waals surface area contributed by atoms with E-state index in [2.05, 4.69) is 19.9 Å². The second-order valence-corrected chi connectivity index (χ2v) is 5.75. The zero-order valence-corrected chi connectivity index (χ0v) is 10.3. The quantitative estimate of drug-likeness (QED) is 0.577. The SMILES string of the molecule is CC1(C)C=CCN(C(=O)OC(C)(C)C)C1. The van der Waals surface area contributed by atoms with Crippen LogP contribution in [-0.4, -0.2) is 29.7 Å². The lowest BCUT2D eigenvalue weighted by molar-refractivity contribution is 0.0212. The number of amides is 1. The minimum Gasteiger partial charge on any atom is -0.444 e. The maximum Gasteiger partial charge on any atom is 0.410 e. The smallest absolute Gasteiger partial charge is 0.410 e. The monoisotopic (exact) mass is 211 g/mol. The van der Waals surface area contributed by atoms with Gasteiger partial charge in [0.2, 0.25) is 0 Å². The Kier molecular flexibility index (Phi) is 3.12. The van der Waals surface area contributed by atoms with E-state index < -0.39 is 5.60 Å². The van der Waals surface area contributed by atoms with E-state index in [9.17, 15) is 4.79 Å². The van der Waals surface area contributed by atoms with Crippen LogP contribution >= 0.6 is 0 Å². The molecule has 86 valence electrons. The summed E-state index contributed by atoms with van der Waals surface area (Å²) in [6.45, 7) is 11.2. The highest BCUT2D eigenvalue weighted by molar-refractivity contribution is 5.68. The molecule has 1 aliphatic rings. The lowest BCUT2D eigenvalue weighted by Gasteiger charge is -2.34. The summed E-state index contributed by atoms with van der Waals surface area (Å²) in [5, 5.41) is 0. The van der Waals surface area contributed by atoms with Gasteiger partial charge in [-0.25, -0.2) is 4.79 Å². The Morgan fingerprint density at radius 1 is 1.40 bits per heavy atom. The summed E-state index contributed by atoms with van der Waals surface area (Å²) >= 11 is 0. The molecule has 1 aliphatic heterocycles. The van der Waals surface area contributed by atoms with Crippen molar-refractivity contribution in [2.75, 3.05) is 13.1 Å². The molecule has 1 heterocycles. The van der Waals surface area contributed by atoms with Crippen LogP contribution < -0.4 is 0 Å². The number of nitrogens with zero attached hydrogens (tertiary/aromatic N) is 1. The van der Waals surface area contributed by atoms with Crippen LogP contribution in [0.1, 0.15) is 34.6 Å². The van der Waals surface area contributed by atoms with E-state index in [-0.39, 0.29) is 11.5 Å². The van der Waals surface area contributed by atoms with Gasteiger partial charge in [-0.2, -0.15) is 0 Å². The molecule has 0 bridgehead atoms. The van der Waals surface area contributed by atoms with Crippen LogP contribution in [-0.2, 0) is 4.74 Å². The van der Waals surface area contributed by atoms with Crippen LogP contribution in [0, 0.1) is 5.41 Å². The molecule has 3 nitrogen and oxygen atoms in total. The van der Waals surface area contributed by atoms with Crippen molar-refractivity contribution in [2.24, 2.45) is 5.41 Å². The molecule has 0 spiro atoms. The van der Waals surface area contributed by atoms with Gasteiger partial charge in [0, 0.05) is 18.5 Å². The van der Waals surface area contributed by atoms with Crippen LogP contribution in [0.15, 0.2) is 12.2 Å². The van der Waals surface area contributed by atoms with Gasteiger partial charge in [0.05, 0.1) is 0 Å². The lowest BCUT2D eigenvalue weighted by atomic mass is 9.90. The fraction of sp³-hybridized carbons (Fsp3) is 0.750. The predicted octanol–water partition coefficient (Wildman–Crippen LogP) is 2.82. The molecular weight excluding hydrogens is 190 g/mol. The molecule has 0 N–H and O–H groups in total. The van der Waals surface area contributed by atoms with Crippen molar-refractivity contribution in [2.45, 2.75) is 40.2 Å². The van der Waals surface area contributed by atoms with Crippen molar-refractivity contribution in [3.63, 3.8) is 0 Å². The van der Waals surface area contributed by atoms with Crippen LogP contribution in [0.3, 0.4) is 0 Å². The van der Waals surface area contributed by atoms with Gasteiger partial charge >= 0.3 is 6.09 Å². The summed E-state index contributed by atoms with van der Waals surface area (Å²) in [4.78, 5) is 13.5. The minimum absolute atomic E-state index is 0.0507. The van der Waals surface area contributed by atoms with Gasteiger partial charge in [-0.3, -0.25) is 0 Å². The molecule has 0 fully saturated rings. The second-order valence-electron chi connectivity index (χ2n) is 5.75. The van der Waals surface area contributed by atoms with Crippen molar-refractivity contribution >= 4 is 6.09 Å². The average Bonchev–Trinajstić information content (AvgIpc) is 1.99. The predicted molar refractivity (Wildman–Crippen MR) is 60.7 cm³/mol. The number of hydrogen-bond donors (Lipinski definition) is 0. The first-order valence-electron chi connectivity index (χ1n) is 5.35. The van der Waals surface area contributed by atoms with Gasteiger partial charge in [0.25, 0.3) is 0 Å². The topological polar surface area (TPSA) is 29.5 Å². The summed E-state index contributed by atoms with van der Waals surface area (Å²) in [6.07, 6.45) is 3.95. The molecule has 0 unspecified atom stereocenters. The maximum atomic E-state index is 11.8. The summed E-state index contributed by atoms with van der Waals surface area (Å²) < 4.78 is 5.32. The van der Waals surface area contributed by atoms with Crippen molar-refractivity contribution in [1.29, 1.82) is 0 Å². The maximum absolute atomic E-state index is 11.8. The molecule has 0 aromatic carbocycles. The zero-order chi connectivity index (χ0) is 11.7. The first-order chi connectivity index (χ1) is 6.70. The summed E-state index contributed by atoms with van der Waals surface area (Å²) in [7, 11) is 0. The molecule has 3 heteroatoms. The summed E-state index contributed by atoms with van der Waals surface area (Å²) in [5.41, 5.74) is -0.364. The van der Waals surface area contributed by atoms with Gasteiger partial charge in [-0.05, 0) is 20.8 Å². The highest BCUT2D eigenvalue weighted by Crippen LogP contribution is 2.23. The van der Waals surface area contributed by atoms with E-state index in [1.54, 1.807) is 4.90 Å².